The predicted octanol–water partition coefficient (Wildman–Crippen LogP) is 3.00. The van der Waals surface area contributed by atoms with Gasteiger partial charge in [0.1, 0.15) is 0 Å². The number of fused-ring (bicyclic) bond motifs is 1. The van der Waals surface area contributed by atoms with Gasteiger partial charge in [-0.3, -0.25) is 14.3 Å². The maximum atomic E-state index is 12.6. The second-order valence-corrected chi connectivity index (χ2v) is 7.78. The zero-order valence-corrected chi connectivity index (χ0v) is 16.5. The lowest BCUT2D eigenvalue weighted by atomic mass is 9.98. The van der Waals surface area contributed by atoms with Crippen molar-refractivity contribution in [2.24, 2.45) is 0 Å². The highest BCUT2D eigenvalue weighted by molar-refractivity contribution is 5.94. The molecule has 1 aliphatic rings. The van der Waals surface area contributed by atoms with E-state index in [9.17, 15) is 9.90 Å². The lowest BCUT2D eigenvalue weighted by molar-refractivity contribution is 0.0129. The Morgan fingerprint density at radius 2 is 2.28 bits per heavy atom. The number of rotatable bonds is 6. The maximum absolute atomic E-state index is 12.6. The molecule has 7 nitrogen and oxygen atoms in total. The van der Waals surface area contributed by atoms with Gasteiger partial charge in [0.25, 0.3) is 5.56 Å². The highest BCUT2D eigenvalue weighted by Crippen LogP contribution is 2.29. The minimum Gasteiger partial charge on any atom is -0.390 e. The van der Waals surface area contributed by atoms with Crippen LogP contribution < -0.4 is 5.56 Å². The molecule has 29 heavy (non-hydrogen) atoms. The first-order valence-electron chi connectivity index (χ1n) is 9.64. The Bertz CT molecular complexity index is 1120. The Balaban J connectivity index is 1.62. The highest BCUT2D eigenvalue weighted by atomic mass is 16.5. The number of H-pyrrole nitrogens is 1. The first kappa shape index (κ1) is 19.3. The van der Waals surface area contributed by atoms with Crippen molar-refractivity contribution in [3.8, 4) is 5.69 Å². The first-order valence-corrected chi connectivity index (χ1v) is 9.64. The third-order valence-corrected chi connectivity index (χ3v) is 4.93. The van der Waals surface area contributed by atoms with Crippen LogP contribution in [-0.4, -0.2) is 42.9 Å². The van der Waals surface area contributed by atoms with Crippen LogP contribution in [0.4, 0.5) is 0 Å². The molecule has 1 aliphatic carbocycles. The number of ether oxygens (including phenoxy) is 1. The summed E-state index contributed by atoms with van der Waals surface area (Å²) in [5, 5.41) is 10.4. The van der Waals surface area contributed by atoms with Crippen molar-refractivity contribution in [2.75, 3.05) is 6.61 Å². The lowest BCUT2D eigenvalue weighted by Gasteiger charge is -2.21. The van der Waals surface area contributed by atoms with Crippen molar-refractivity contribution >= 4 is 16.6 Å². The van der Waals surface area contributed by atoms with E-state index in [0.717, 1.165) is 16.8 Å². The van der Waals surface area contributed by atoms with Crippen molar-refractivity contribution in [1.29, 1.82) is 0 Å². The molecule has 7 heteroatoms. The molecule has 0 amide bonds. The molecule has 0 radical (unpaired) electrons. The van der Waals surface area contributed by atoms with Crippen molar-refractivity contribution in [3.05, 3.63) is 71.2 Å². The van der Waals surface area contributed by atoms with E-state index in [-0.39, 0.29) is 11.7 Å². The zero-order valence-electron chi connectivity index (χ0n) is 16.5. The summed E-state index contributed by atoms with van der Waals surface area (Å²) in [5.74, 6) is 0. The number of aliphatic hydroxyl groups is 1. The van der Waals surface area contributed by atoms with E-state index < -0.39 is 5.60 Å². The van der Waals surface area contributed by atoms with Crippen LogP contribution >= 0.6 is 0 Å². The molecule has 3 aromatic rings. The quantitative estimate of drug-likeness (QED) is 0.673. The second-order valence-electron chi connectivity index (χ2n) is 7.78. The van der Waals surface area contributed by atoms with Gasteiger partial charge in [-0.1, -0.05) is 18.2 Å². The summed E-state index contributed by atoms with van der Waals surface area (Å²) in [5.41, 5.74) is 2.31. The Kier molecular flexibility index (Phi) is 5.17. The molecule has 3 heterocycles. The molecular weight excluding hydrogens is 368 g/mol. The normalized spacial score (nSPS) is 16.9. The molecule has 0 spiro atoms. The standard InChI is InChI=1S/C22H24N4O3/c1-22(2,28)9-11-29-17-7-5-15(6-8-17)18-13-26(16-4-3-10-23-12-16)20-19(18)21(27)25-14-24-20/h3-7,10,12-14,17,28H,8-9,11H2,1-2H3,(H,24,25,27). The molecule has 1 unspecified atom stereocenters. The fraction of sp³-hybridized carbons (Fsp3) is 0.318. The topological polar surface area (TPSA) is 93.0 Å². The van der Waals surface area contributed by atoms with Crippen LogP contribution in [0.3, 0.4) is 0 Å². The average Bonchev–Trinajstić information content (AvgIpc) is 3.09. The first-order chi connectivity index (χ1) is 13.9. The van der Waals surface area contributed by atoms with E-state index in [0.29, 0.717) is 30.5 Å². The number of aromatic amines is 1. The molecule has 2 N–H and O–H groups in total. The van der Waals surface area contributed by atoms with Gasteiger partial charge in [-0.25, -0.2) is 4.98 Å². The van der Waals surface area contributed by atoms with E-state index in [1.54, 1.807) is 26.2 Å². The molecule has 0 aromatic carbocycles. The van der Waals surface area contributed by atoms with Gasteiger partial charge in [0.15, 0.2) is 5.65 Å². The zero-order chi connectivity index (χ0) is 20.4. The van der Waals surface area contributed by atoms with Gasteiger partial charge in [0.2, 0.25) is 0 Å². The Hall–Kier alpha value is -3.03. The number of hydrogen-bond donors (Lipinski definition) is 2. The molecule has 0 aliphatic heterocycles. The third kappa shape index (κ3) is 4.21. The number of nitrogens with one attached hydrogen (secondary N) is 1. The van der Waals surface area contributed by atoms with Crippen LogP contribution in [0.2, 0.25) is 0 Å². The highest BCUT2D eigenvalue weighted by Gasteiger charge is 2.19. The molecule has 1 atom stereocenters. The average molecular weight is 392 g/mol. The minimum absolute atomic E-state index is 0.0378. The second kappa shape index (κ2) is 7.77. The number of hydrogen-bond acceptors (Lipinski definition) is 5. The van der Waals surface area contributed by atoms with Crippen LogP contribution in [0.25, 0.3) is 22.3 Å². The van der Waals surface area contributed by atoms with E-state index in [2.05, 4.69) is 21.0 Å². The summed E-state index contributed by atoms with van der Waals surface area (Å²) in [7, 11) is 0. The fourth-order valence-electron chi connectivity index (χ4n) is 3.37. The third-order valence-electron chi connectivity index (χ3n) is 4.93. The van der Waals surface area contributed by atoms with Gasteiger partial charge in [0, 0.05) is 18.0 Å². The molecule has 150 valence electrons. The van der Waals surface area contributed by atoms with Gasteiger partial charge in [-0.2, -0.15) is 0 Å². The van der Waals surface area contributed by atoms with E-state index in [1.165, 1.54) is 6.33 Å². The van der Waals surface area contributed by atoms with Gasteiger partial charge >= 0.3 is 0 Å². The van der Waals surface area contributed by atoms with Crippen molar-refractivity contribution in [2.45, 2.75) is 38.4 Å². The number of nitrogens with zero attached hydrogens (tertiary/aromatic N) is 3. The molecule has 0 bridgehead atoms. The maximum Gasteiger partial charge on any atom is 0.260 e. The van der Waals surface area contributed by atoms with E-state index in [4.69, 9.17) is 4.74 Å². The van der Waals surface area contributed by atoms with Crippen LogP contribution in [-0.2, 0) is 4.74 Å². The lowest BCUT2D eigenvalue weighted by Crippen LogP contribution is -2.23. The van der Waals surface area contributed by atoms with E-state index >= 15 is 0 Å². The Labute approximate surface area is 168 Å². The monoisotopic (exact) mass is 392 g/mol. The van der Waals surface area contributed by atoms with E-state index in [1.807, 2.05) is 35.0 Å². The molecule has 3 aromatic heterocycles. The van der Waals surface area contributed by atoms with Crippen molar-refractivity contribution < 1.29 is 9.84 Å². The van der Waals surface area contributed by atoms with Crippen LogP contribution in [0, 0.1) is 0 Å². The summed E-state index contributed by atoms with van der Waals surface area (Å²) < 4.78 is 7.73. The van der Waals surface area contributed by atoms with Crippen LogP contribution in [0.5, 0.6) is 0 Å². The predicted molar refractivity (Wildman–Crippen MR) is 112 cm³/mol. The number of allylic oxidation sites excluding steroid dienone is 2. The SMILES string of the molecule is CC(C)(O)CCOC1C=CC(c2cn(-c3cccnc3)c3nc[nH]c(=O)c23)=CC1. The van der Waals surface area contributed by atoms with Gasteiger partial charge in [-0.15, -0.1) is 0 Å². The Morgan fingerprint density at radius 1 is 1.41 bits per heavy atom. The van der Waals surface area contributed by atoms with Gasteiger partial charge in [0.05, 0.1) is 41.9 Å². The summed E-state index contributed by atoms with van der Waals surface area (Å²) >= 11 is 0. The fourth-order valence-corrected chi connectivity index (χ4v) is 3.37. The van der Waals surface area contributed by atoms with Crippen LogP contribution in [0.1, 0.15) is 32.3 Å². The molecule has 0 saturated carbocycles. The summed E-state index contributed by atoms with van der Waals surface area (Å²) in [4.78, 5) is 23.8. The molecule has 4 rings (SSSR count). The van der Waals surface area contributed by atoms with Gasteiger partial charge < -0.3 is 14.8 Å². The molecular formula is C22H24N4O3. The van der Waals surface area contributed by atoms with Crippen LogP contribution in [0.15, 0.2) is 60.1 Å². The van der Waals surface area contributed by atoms with Crippen molar-refractivity contribution in [1.82, 2.24) is 19.5 Å². The minimum atomic E-state index is -0.735. The molecule has 0 fully saturated rings. The van der Waals surface area contributed by atoms with Gasteiger partial charge in [-0.05, 0) is 44.4 Å². The van der Waals surface area contributed by atoms with Crippen molar-refractivity contribution in [3.63, 3.8) is 0 Å². The molecule has 0 saturated heterocycles. The summed E-state index contributed by atoms with van der Waals surface area (Å²) in [6.45, 7) is 4.04. The number of aromatic nitrogens is 4. The summed E-state index contributed by atoms with van der Waals surface area (Å²) in [6, 6.07) is 3.78. The smallest absolute Gasteiger partial charge is 0.260 e. The summed E-state index contributed by atoms with van der Waals surface area (Å²) in [6.07, 6.45) is 14.1. The Morgan fingerprint density at radius 3 is 2.97 bits per heavy atom. The number of pyridine rings is 1. The largest absolute Gasteiger partial charge is 0.390 e.